The van der Waals surface area contributed by atoms with Crippen molar-refractivity contribution in [1.82, 2.24) is 4.98 Å². The Morgan fingerprint density at radius 1 is 1.77 bits per heavy atom. The van der Waals surface area contributed by atoms with Crippen LogP contribution in [-0.2, 0) is 4.79 Å². The lowest BCUT2D eigenvalue weighted by molar-refractivity contribution is -0.138. The molecule has 0 aliphatic heterocycles. The highest BCUT2D eigenvalue weighted by molar-refractivity contribution is 5.75. The second-order valence-electron chi connectivity index (χ2n) is 2.68. The first-order chi connectivity index (χ1) is 6.16. The summed E-state index contributed by atoms with van der Waals surface area (Å²) in [5, 5.41) is 8.76. The number of rotatable bonds is 3. The van der Waals surface area contributed by atoms with E-state index in [1.807, 2.05) is 0 Å². The van der Waals surface area contributed by atoms with E-state index in [1.54, 1.807) is 6.92 Å². The molecule has 1 N–H and O–H groups in total. The molecule has 0 aromatic carbocycles. The molecule has 0 spiro atoms. The van der Waals surface area contributed by atoms with Crippen molar-refractivity contribution in [2.24, 2.45) is 0 Å². The van der Waals surface area contributed by atoms with Crippen LogP contribution in [0.4, 0.5) is 4.39 Å². The molecule has 1 heterocycles. The number of aliphatic carboxylic acids is 1. The van der Waals surface area contributed by atoms with E-state index in [4.69, 9.17) is 5.11 Å². The standard InChI is InChI=1S/C9H10FNO2/c1-2-6(9(12)13)7-4-3-5-11-8(7)10/h3-6H,2H2,1H3,(H,12,13). The SMILES string of the molecule is CCC(C(=O)O)c1cccnc1F. The van der Waals surface area contributed by atoms with Crippen molar-refractivity contribution in [2.75, 3.05) is 0 Å². The number of halogens is 1. The quantitative estimate of drug-likeness (QED) is 0.727. The van der Waals surface area contributed by atoms with E-state index in [-0.39, 0.29) is 5.56 Å². The molecule has 0 aliphatic rings. The van der Waals surface area contributed by atoms with Gasteiger partial charge in [0, 0.05) is 11.8 Å². The number of nitrogens with zero attached hydrogens (tertiary/aromatic N) is 1. The molecule has 1 rings (SSSR count). The van der Waals surface area contributed by atoms with Crippen molar-refractivity contribution < 1.29 is 14.3 Å². The lowest BCUT2D eigenvalue weighted by Crippen LogP contribution is -2.12. The minimum atomic E-state index is -1.02. The van der Waals surface area contributed by atoms with Crippen LogP contribution in [0.15, 0.2) is 18.3 Å². The molecular formula is C9H10FNO2. The zero-order valence-electron chi connectivity index (χ0n) is 7.20. The second kappa shape index (κ2) is 3.98. The molecule has 0 fully saturated rings. The molecule has 1 aromatic heterocycles. The molecule has 0 bridgehead atoms. The first kappa shape index (κ1) is 9.64. The molecular weight excluding hydrogens is 173 g/mol. The van der Waals surface area contributed by atoms with E-state index in [1.165, 1.54) is 18.3 Å². The number of carboxylic acid groups (broad SMARTS) is 1. The Hall–Kier alpha value is -1.45. The van der Waals surface area contributed by atoms with E-state index in [2.05, 4.69) is 4.98 Å². The van der Waals surface area contributed by atoms with Crippen molar-refractivity contribution in [2.45, 2.75) is 19.3 Å². The molecule has 1 unspecified atom stereocenters. The summed E-state index contributed by atoms with van der Waals surface area (Å²) < 4.78 is 13.0. The second-order valence-corrected chi connectivity index (χ2v) is 2.68. The Labute approximate surface area is 75.2 Å². The van der Waals surface area contributed by atoms with Gasteiger partial charge >= 0.3 is 5.97 Å². The fourth-order valence-corrected chi connectivity index (χ4v) is 1.19. The third kappa shape index (κ3) is 2.02. The summed E-state index contributed by atoms with van der Waals surface area (Å²) >= 11 is 0. The maximum atomic E-state index is 13.0. The molecule has 4 heteroatoms. The zero-order valence-corrected chi connectivity index (χ0v) is 7.20. The van der Waals surface area contributed by atoms with Gasteiger partial charge in [-0.05, 0) is 12.5 Å². The minimum absolute atomic E-state index is 0.150. The smallest absolute Gasteiger partial charge is 0.311 e. The summed E-state index contributed by atoms with van der Waals surface area (Å²) in [6, 6.07) is 2.98. The van der Waals surface area contributed by atoms with Crippen LogP contribution in [0, 0.1) is 5.95 Å². The van der Waals surface area contributed by atoms with Crippen LogP contribution in [0.25, 0.3) is 0 Å². The Bertz CT molecular complexity index is 314. The lowest BCUT2D eigenvalue weighted by atomic mass is 9.98. The fraction of sp³-hybridized carbons (Fsp3) is 0.333. The highest BCUT2D eigenvalue weighted by Gasteiger charge is 2.21. The monoisotopic (exact) mass is 183 g/mol. The van der Waals surface area contributed by atoms with E-state index < -0.39 is 17.8 Å². The predicted molar refractivity (Wildman–Crippen MR) is 44.9 cm³/mol. The Morgan fingerprint density at radius 2 is 2.46 bits per heavy atom. The molecule has 0 amide bonds. The van der Waals surface area contributed by atoms with Crippen molar-refractivity contribution in [1.29, 1.82) is 0 Å². The van der Waals surface area contributed by atoms with Gasteiger partial charge in [0.1, 0.15) is 0 Å². The summed E-state index contributed by atoms with van der Waals surface area (Å²) in [6.45, 7) is 1.70. The van der Waals surface area contributed by atoms with Gasteiger partial charge in [0.05, 0.1) is 5.92 Å². The normalized spacial score (nSPS) is 12.5. The highest BCUT2D eigenvalue weighted by atomic mass is 19.1. The van der Waals surface area contributed by atoms with E-state index in [0.29, 0.717) is 6.42 Å². The molecule has 0 radical (unpaired) electrons. The third-order valence-electron chi connectivity index (χ3n) is 1.87. The first-order valence-electron chi connectivity index (χ1n) is 4.00. The van der Waals surface area contributed by atoms with Gasteiger partial charge in [-0.1, -0.05) is 13.0 Å². The van der Waals surface area contributed by atoms with Gasteiger partial charge in [0.2, 0.25) is 5.95 Å². The van der Waals surface area contributed by atoms with Gasteiger partial charge in [-0.15, -0.1) is 0 Å². The van der Waals surface area contributed by atoms with Crippen LogP contribution in [0.2, 0.25) is 0 Å². The average Bonchev–Trinajstić information content (AvgIpc) is 2.09. The molecule has 3 nitrogen and oxygen atoms in total. The average molecular weight is 183 g/mol. The number of pyridine rings is 1. The van der Waals surface area contributed by atoms with Crippen molar-refractivity contribution in [3.63, 3.8) is 0 Å². The van der Waals surface area contributed by atoms with Crippen LogP contribution in [0.5, 0.6) is 0 Å². The predicted octanol–water partition coefficient (Wildman–Crippen LogP) is 1.80. The molecule has 70 valence electrons. The Kier molecular flexibility index (Phi) is 2.95. The van der Waals surface area contributed by atoms with E-state index in [9.17, 15) is 9.18 Å². The minimum Gasteiger partial charge on any atom is -0.481 e. The van der Waals surface area contributed by atoms with Crippen LogP contribution in [-0.4, -0.2) is 16.1 Å². The highest BCUT2D eigenvalue weighted by Crippen LogP contribution is 2.20. The Morgan fingerprint density at radius 3 is 2.92 bits per heavy atom. The summed E-state index contributed by atoms with van der Waals surface area (Å²) in [5.74, 6) is -2.51. The first-order valence-corrected chi connectivity index (χ1v) is 4.00. The van der Waals surface area contributed by atoms with Gasteiger partial charge in [0.15, 0.2) is 0 Å². The molecule has 1 atom stereocenters. The van der Waals surface area contributed by atoms with Gasteiger partial charge < -0.3 is 5.11 Å². The summed E-state index contributed by atoms with van der Waals surface area (Å²) in [5.41, 5.74) is 0.150. The number of carboxylic acids is 1. The molecule has 0 saturated heterocycles. The van der Waals surface area contributed by atoms with Gasteiger partial charge in [-0.25, -0.2) is 4.98 Å². The largest absolute Gasteiger partial charge is 0.481 e. The van der Waals surface area contributed by atoms with E-state index >= 15 is 0 Å². The van der Waals surface area contributed by atoms with Gasteiger partial charge in [0.25, 0.3) is 0 Å². The number of carbonyl (C=O) groups is 1. The molecule has 0 aliphatic carbocycles. The molecule has 0 saturated carbocycles. The van der Waals surface area contributed by atoms with Crippen molar-refractivity contribution >= 4 is 5.97 Å². The number of hydrogen-bond donors (Lipinski definition) is 1. The van der Waals surface area contributed by atoms with Crippen LogP contribution < -0.4 is 0 Å². The Balaban J connectivity index is 3.04. The maximum Gasteiger partial charge on any atom is 0.311 e. The van der Waals surface area contributed by atoms with Crippen molar-refractivity contribution in [3.05, 3.63) is 29.8 Å². The van der Waals surface area contributed by atoms with Crippen LogP contribution >= 0.6 is 0 Å². The summed E-state index contributed by atoms with van der Waals surface area (Å²) in [6.07, 6.45) is 1.66. The van der Waals surface area contributed by atoms with Gasteiger partial charge in [-0.2, -0.15) is 4.39 Å². The molecule has 1 aromatic rings. The van der Waals surface area contributed by atoms with Crippen LogP contribution in [0.3, 0.4) is 0 Å². The number of hydrogen-bond acceptors (Lipinski definition) is 2. The number of aromatic nitrogens is 1. The third-order valence-corrected chi connectivity index (χ3v) is 1.87. The van der Waals surface area contributed by atoms with Gasteiger partial charge in [-0.3, -0.25) is 4.79 Å². The zero-order chi connectivity index (χ0) is 9.84. The van der Waals surface area contributed by atoms with E-state index in [0.717, 1.165) is 0 Å². The maximum absolute atomic E-state index is 13.0. The topological polar surface area (TPSA) is 50.2 Å². The lowest BCUT2D eigenvalue weighted by Gasteiger charge is -2.09. The summed E-state index contributed by atoms with van der Waals surface area (Å²) in [4.78, 5) is 14.1. The molecule has 13 heavy (non-hydrogen) atoms. The summed E-state index contributed by atoms with van der Waals surface area (Å²) in [7, 11) is 0. The van der Waals surface area contributed by atoms with Crippen molar-refractivity contribution in [3.8, 4) is 0 Å². The fourth-order valence-electron chi connectivity index (χ4n) is 1.19. The van der Waals surface area contributed by atoms with Crippen LogP contribution in [0.1, 0.15) is 24.8 Å².